The quantitative estimate of drug-likeness (QED) is 0.812. The molecule has 2 aliphatic rings. The normalized spacial score (nSPS) is 33.5. The predicted octanol–water partition coefficient (Wildman–Crippen LogP) is 2.80. The molecular formula is C14H27NOS. The van der Waals surface area contributed by atoms with E-state index in [0.29, 0.717) is 12.6 Å². The molecule has 0 amide bonds. The second kappa shape index (κ2) is 6.44. The molecule has 2 fully saturated rings. The number of aliphatic hydroxyl groups excluding tert-OH is 1. The minimum Gasteiger partial charge on any atom is -0.396 e. The monoisotopic (exact) mass is 257 g/mol. The number of nitrogens with one attached hydrogen (secondary N) is 1. The fourth-order valence-electron chi connectivity index (χ4n) is 3.23. The van der Waals surface area contributed by atoms with Gasteiger partial charge in [-0.3, -0.25) is 0 Å². The van der Waals surface area contributed by atoms with Crippen molar-refractivity contribution in [1.29, 1.82) is 0 Å². The number of hydrogen-bond donors (Lipinski definition) is 2. The van der Waals surface area contributed by atoms with E-state index in [4.69, 9.17) is 0 Å². The predicted molar refractivity (Wildman–Crippen MR) is 75.5 cm³/mol. The van der Waals surface area contributed by atoms with Crippen LogP contribution in [0.25, 0.3) is 0 Å². The largest absolute Gasteiger partial charge is 0.396 e. The first kappa shape index (κ1) is 13.7. The Bertz CT molecular complexity index is 228. The van der Waals surface area contributed by atoms with Crippen molar-refractivity contribution in [2.75, 3.05) is 18.9 Å². The lowest BCUT2D eigenvalue weighted by molar-refractivity contribution is 0.0778. The van der Waals surface area contributed by atoms with Gasteiger partial charge in [-0.2, -0.15) is 11.8 Å². The molecule has 0 radical (unpaired) electrons. The molecule has 1 saturated heterocycles. The van der Waals surface area contributed by atoms with E-state index in [9.17, 15) is 5.11 Å². The van der Waals surface area contributed by atoms with E-state index in [1.54, 1.807) is 0 Å². The Morgan fingerprint density at radius 3 is 2.65 bits per heavy atom. The van der Waals surface area contributed by atoms with E-state index < -0.39 is 0 Å². The summed E-state index contributed by atoms with van der Waals surface area (Å²) in [5.41, 5.74) is 0.195. The highest BCUT2D eigenvalue weighted by Gasteiger charge is 2.32. The average molecular weight is 257 g/mol. The highest BCUT2D eigenvalue weighted by atomic mass is 32.2. The maximum absolute atomic E-state index is 9.69. The van der Waals surface area contributed by atoms with Crippen LogP contribution in [0.1, 0.15) is 51.9 Å². The smallest absolute Gasteiger partial charge is 0.0499 e. The highest BCUT2D eigenvalue weighted by molar-refractivity contribution is 7.99. The fraction of sp³-hybridized carbons (Fsp3) is 1.00. The molecule has 0 spiro atoms. The van der Waals surface area contributed by atoms with Gasteiger partial charge in [0.05, 0.1) is 0 Å². The van der Waals surface area contributed by atoms with Crippen molar-refractivity contribution < 1.29 is 5.11 Å². The van der Waals surface area contributed by atoms with E-state index in [2.05, 4.69) is 24.0 Å². The molecule has 2 unspecified atom stereocenters. The summed E-state index contributed by atoms with van der Waals surface area (Å²) in [5.74, 6) is 1.32. The molecule has 2 N–H and O–H groups in total. The van der Waals surface area contributed by atoms with Crippen LogP contribution in [-0.4, -0.2) is 35.3 Å². The van der Waals surface area contributed by atoms with Crippen molar-refractivity contribution in [3.63, 3.8) is 0 Å². The molecule has 1 saturated carbocycles. The van der Waals surface area contributed by atoms with Gasteiger partial charge >= 0.3 is 0 Å². The van der Waals surface area contributed by atoms with Crippen LogP contribution in [0.3, 0.4) is 0 Å². The molecule has 0 aromatic rings. The first-order valence-electron chi connectivity index (χ1n) is 7.22. The molecule has 0 bridgehead atoms. The topological polar surface area (TPSA) is 32.3 Å². The summed E-state index contributed by atoms with van der Waals surface area (Å²) in [4.78, 5) is 0. The minimum atomic E-state index is 0.195. The summed E-state index contributed by atoms with van der Waals surface area (Å²) >= 11 is 2.09. The summed E-state index contributed by atoms with van der Waals surface area (Å²) in [7, 11) is 0. The molecule has 3 heteroatoms. The molecule has 0 aromatic heterocycles. The Kier molecular flexibility index (Phi) is 5.19. The Balaban J connectivity index is 1.82. The first-order valence-corrected chi connectivity index (χ1v) is 8.26. The van der Waals surface area contributed by atoms with E-state index >= 15 is 0 Å². The third-order valence-corrected chi connectivity index (χ3v) is 5.97. The third kappa shape index (κ3) is 3.62. The summed E-state index contributed by atoms with van der Waals surface area (Å²) in [5, 5.41) is 14.2. The van der Waals surface area contributed by atoms with Gasteiger partial charge in [0.1, 0.15) is 0 Å². The van der Waals surface area contributed by atoms with Gasteiger partial charge in [0.25, 0.3) is 0 Å². The van der Waals surface area contributed by atoms with Crippen molar-refractivity contribution in [3.8, 4) is 0 Å². The number of aliphatic hydroxyl groups is 1. The molecule has 1 heterocycles. The molecule has 2 nitrogen and oxygen atoms in total. The van der Waals surface area contributed by atoms with Crippen LogP contribution in [-0.2, 0) is 0 Å². The van der Waals surface area contributed by atoms with E-state index in [1.807, 2.05) is 0 Å². The lowest BCUT2D eigenvalue weighted by Gasteiger charge is -2.39. The molecule has 1 aliphatic heterocycles. The summed E-state index contributed by atoms with van der Waals surface area (Å²) in [6.07, 6.45) is 9.05. The van der Waals surface area contributed by atoms with Gasteiger partial charge in [-0.05, 0) is 31.4 Å². The van der Waals surface area contributed by atoms with Gasteiger partial charge in [0, 0.05) is 29.9 Å². The fourth-order valence-corrected chi connectivity index (χ4v) is 4.40. The average Bonchev–Trinajstić information content (AvgIpc) is 2.39. The van der Waals surface area contributed by atoms with Gasteiger partial charge in [-0.1, -0.05) is 26.2 Å². The van der Waals surface area contributed by atoms with E-state index in [-0.39, 0.29) is 5.41 Å². The Hall–Kier alpha value is 0.270. The van der Waals surface area contributed by atoms with Gasteiger partial charge in [-0.25, -0.2) is 0 Å². The van der Waals surface area contributed by atoms with Crippen LogP contribution in [0.5, 0.6) is 0 Å². The molecule has 0 aromatic carbocycles. The van der Waals surface area contributed by atoms with Crippen LogP contribution >= 0.6 is 11.8 Å². The van der Waals surface area contributed by atoms with E-state index in [0.717, 1.165) is 11.8 Å². The van der Waals surface area contributed by atoms with Gasteiger partial charge in [0.2, 0.25) is 0 Å². The second-order valence-electron chi connectivity index (χ2n) is 5.92. The maximum Gasteiger partial charge on any atom is 0.0499 e. The summed E-state index contributed by atoms with van der Waals surface area (Å²) < 4.78 is 0. The van der Waals surface area contributed by atoms with Gasteiger partial charge in [-0.15, -0.1) is 0 Å². The lowest BCUT2D eigenvalue weighted by atomic mass is 9.74. The Morgan fingerprint density at radius 1 is 1.24 bits per heavy atom. The standard InChI is InChI=1S/C14H27NOS/c1-12-13(6-5-9-17-12)15-10-14(11-16)7-3-2-4-8-14/h12-13,15-16H,2-11H2,1H3. The zero-order valence-corrected chi connectivity index (χ0v) is 11.9. The molecular weight excluding hydrogens is 230 g/mol. The molecule has 2 rings (SSSR count). The third-order valence-electron chi connectivity index (χ3n) is 4.60. The highest BCUT2D eigenvalue weighted by Crippen LogP contribution is 2.36. The molecule has 100 valence electrons. The van der Waals surface area contributed by atoms with Crippen molar-refractivity contribution in [2.45, 2.75) is 63.2 Å². The number of thioether (sulfide) groups is 1. The van der Waals surface area contributed by atoms with Crippen molar-refractivity contribution >= 4 is 11.8 Å². The van der Waals surface area contributed by atoms with Crippen LogP contribution in [0.15, 0.2) is 0 Å². The van der Waals surface area contributed by atoms with E-state index in [1.165, 1.54) is 50.7 Å². The summed E-state index contributed by atoms with van der Waals surface area (Å²) in [6, 6.07) is 0.666. The van der Waals surface area contributed by atoms with Crippen molar-refractivity contribution in [1.82, 2.24) is 5.32 Å². The van der Waals surface area contributed by atoms with Crippen LogP contribution in [0.4, 0.5) is 0 Å². The van der Waals surface area contributed by atoms with Crippen LogP contribution in [0.2, 0.25) is 0 Å². The van der Waals surface area contributed by atoms with Crippen molar-refractivity contribution in [3.05, 3.63) is 0 Å². The Morgan fingerprint density at radius 2 is 2.00 bits per heavy atom. The number of rotatable bonds is 4. The van der Waals surface area contributed by atoms with Gasteiger partial charge in [0.15, 0.2) is 0 Å². The number of hydrogen-bond acceptors (Lipinski definition) is 3. The SMILES string of the molecule is CC1SCCCC1NCC1(CO)CCCCC1. The lowest BCUT2D eigenvalue weighted by Crippen LogP contribution is -2.47. The minimum absolute atomic E-state index is 0.195. The first-order chi connectivity index (χ1) is 8.26. The second-order valence-corrected chi connectivity index (χ2v) is 7.41. The van der Waals surface area contributed by atoms with Gasteiger partial charge < -0.3 is 10.4 Å². The molecule has 17 heavy (non-hydrogen) atoms. The zero-order valence-electron chi connectivity index (χ0n) is 11.1. The van der Waals surface area contributed by atoms with Crippen LogP contribution < -0.4 is 5.32 Å². The van der Waals surface area contributed by atoms with Crippen molar-refractivity contribution in [2.24, 2.45) is 5.41 Å². The molecule has 1 aliphatic carbocycles. The van der Waals surface area contributed by atoms with Crippen LogP contribution in [0, 0.1) is 5.41 Å². The Labute approximate surface area is 110 Å². The maximum atomic E-state index is 9.69. The zero-order chi connectivity index (χ0) is 12.1. The molecule has 2 atom stereocenters. The summed E-state index contributed by atoms with van der Waals surface area (Å²) in [6.45, 7) is 3.74.